The predicted octanol–water partition coefficient (Wildman–Crippen LogP) is 3.88. The van der Waals surface area contributed by atoms with Crippen molar-refractivity contribution >= 4 is 17.0 Å². The first kappa shape index (κ1) is 16.7. The molecule has 5 nitrogen and oxygen atoms in total. The van der Waals surface area contributed by atoms with Gasteiger partial charge in [0.05, 0.1) is 0 Å². The van der Waals surface area contributed by atoms with E-state index >= 15 is 0 Å². The van der Waals surface area contributed by atoms with Gasteiger partial charge in [-0.15, -0.1) is 0 Å². The molecule has 0 radical (unpaired) electrons. The molecule has 1 fully saturated rings. The number of carbonyl (C=O) groups is 1. The first-order valence-corrected chi connectivity index (χ1v) is 8.98. The van der Waals surface area contributed by atoms with E-state index in [4.69, 9.17) is 4.74 Å². The van der Waals surface area contributed by atoms with Gasteiger partial charge >= 0.3 is 6.09 Å². The van der Waals surface area contributed by atoms with Crippen molar-refractivity contribution in [3.63, 3.8) is 0 Å². The molecule has 4 rings (SSSR count). The lowest BCUT2D eigenvalue weighted by molar-refractivity contribution is 0.200. The molecule has 26 heavy (non-hydrogen) atoms. The molecule has 1 aromatic heterocycles. The molecule has 3 aromatic rings. The number of nitrogens with one attached hydrogen (secondary N) is 2. The van der Waals surface area contributed by atoms with Crippen molar-refractivity contribution in [2.24, 2.45) is 0 Å². The number of aromatic nitrogens is 1. The molecule has 1 atom stereocenters. The number of nitrogens with zero attached hydrogens (tertiary/aromatic N) is 1. The van der Waals surface area contributed by atoms with Gasteiger partial charge in [-0.25, -0.2) is 4.79 Å². The van der Waals surface area contributed by atoms with Crippen LogP contribution in [0.5, 0.6) is 5.75 Å². The molecule has 1 aliphatic heterocycles. The number of hydrogen-bond acceptors (Lipinski definition) is 3. The third-order valence-electron chi connectivity index (χ3n) is 5.01. The summed E-state index contributed by atoms with van der Waals surface area (Å²) in [4.78, 5) is 17.8. The van der Waals surface area contributed by atoms with E-state index in [1.54, 1.807) is 0 Å². The average molecular weight is 349 g/mol. The number of hydrogen-bond donors (Lipinski definition) is 2. The zero-order valence-electron chi connectivity index (χ0n) is 14.9. The number of H-pyrrole nitrogens is 1. The van der Waals surface area contributed by atoms with Gasteiger partial charge in [0.25, 0.3) is 0 Å². The first-order valence-electron chi connectivity index (χ1n) is 8.98. The zero-order chi connectivity index (χ0) is 17.9. The van der Waals surface area contributed by atoms with Crippen molar-refractivity contribution in [3.05, 3.63) is 65.9 Å². The summed E-state index contributed by atoms with van der Waals surface area (Å²) in [5.41, 5.74) is 3.42. The van der Waals surface area contributed by atoms with Crippen molar-refractivity contribution in [1.29, 1.82) is 0 Å². The van der Waals surface area contributed by atoms with Gasteiger partial charge in [-0.3, -0.25) is 0 Å². The van der Waals surface area contributed by atoms with Gasteiger partial charge in [-0.1, -0.05) is 30.3 Å². The van der Waals surface area contributed by atoms with Crippen molar-refractivity contribution in [2.45, 2.75) is 18.9 Å². The fourth-order valence-corrected chi connectivity index (χ4v) is 3.62. The van der Waals surface area contributed by atoms with E-state index in [0.717, 1.165) is 36.0 Å². The number of ether oxygens (including phenoxy) is 1. The van der Waals surface area contributed by atoms with Crippen LogP contribution in [0, 0.1) is 0 Å². The lowest BCUT2D eigenvalue weighted by Crippen LogP contribution is -2.26. The van der Waals surface area contributed by atoms with Crippen LogP contribution in [0.15, 0.2) is 54.7 Å². The molecular formula is C21H23N3O2. The Kier molecular flexibility index (Phi) is 4.63. The van der Waals surface area contributed by atoms with Crippen molar-refractivity contribution in [1.82, 2.24) is 15.2 Å². The first-order chi connectivity index (χ1) is 12.7. The highest BCUT2D eigenvalue weighted by atomic mass is 16.6. The molecule has 2 N–H and O–H groups in total. The topological polar surface area (TPSA) is 57.4 Å². The Hall–Kier alpha value is -2.79. The molecular weight excluding hydrogens is 326 g/mol. The summed E-state index contributed by atoms with van der Waals surface area (Å²) < 4.78 is 5.48. The third kappa shape index (κ3) is 3.58. The Morgan fingerprint density at radius 2 is 2.12 bits per heavy atom. The van der Waals surface area contributed by atoms with Crippen LogP contribution < -0.4 is 10.1 Å². The second-order valence-electron chi connectivity index (χ2n) is 6.93. The normalized spacial score (nSPS) is 17.5. The quantitative estimate of drug-likeness (QED) is 0.752. The molecule has 1 amide bonds. The van der Waals surface area contributed by atoms with Gasteiger partial charge in [0, 0.05) is 30.2 Å². The summed E-state index contributed by atoms with van der Waals surface area (Å²) in [6.07, 6.45) is 2.81. The Labute approximate surface area is 153 Å². The zero-order valence-corrected chi connectivity index (χ0v) is 14.9. The van der Waals surface area contributed by atoms with E-state index in [1.165, 1.54) is 5.56 Å². The molecule has 0 saturated carbocycles. The monoisotopic (exact) mass is 349 g/mol. The van der Waals surface area contributed by atoms with E-state index in [1.807, 2.05) is 48.5 Å². The van der Waals surface area contributed by atoms with E-state index in [2.05, 4.69) is 28.4 Å². The maximum absolute atomic E-state index is 12.1. The minimum Gasteiger partial charge on any atom is -0.410 e. The van der Waals surface area contributed by atoms with Gasteiger partial charge in [0.1, 0.15) is 5.75 Å². The summed E-state index contributed by atoms with van der Waals surface area (Å²) in [7, 11) is 2.15. The molecule has 2 aromatic carbocycles. The largest absolute Gasteiger partial charge is 0.412 e. The van der Waals surface area contributed by atoms with Crippen molar-refractivity contribution in [3.8, 4) is 5.75 Å². The van der Waals surface area contributed by atoms with E-state index in [0.29, 0.717) is 18.2 Å². The molecule has 0 bridgehead atoms. The van der Waals surface area contributed by atoms with E-state index in [-0.39, 0.29) is 0 Å². The maximum Gasteiger partial charge on any atom is 0.412 e. The minimum absolute atomic E-state index is 0.439. The van der Waals surface area contributed by atoms with E-state index < -0.39 is 6.09 Å². The lowest BCUT2D eigenvalue weighted by Gasteiger charge is -2.10. The minimum atomic E-state index is -0.439. The standard InChI is InChI=1S/C21H23N3O2/c1-24-10-9-16(14-24)19-13-22-20-8-7-17(11-18(19)20)26-21(25)23-12-15-5-3-2-4-6-15/h2-8,11,13,16,22H,9-10,12,14H2,1H3,(H,23,25). The number of fused-ring (bicyclic) bond motifs is 1. The summed E-state index contributed by atoms with van der Waals surface area (Å²) in [6.45, 7) is 2.64. The number of amides is 1. The fraction of sp³-hybridized carbons (Fsp3) is 0.286. The summed E-state index contributed by atoms with van der Waals surface area (Å²) in [6, 6.07) is 15.5. The SMILES string of the molecule is CN1CCC(c2c[nH]c3ccc(OC(=O)NCc4ccccc4)cc23)C1. The molecule has 0 aliphatic carbocycles. The van der Waals surface area contributed by atoms with E-state index in [9.17, 15) is 4.79 Å². The highest BCUT2D eigenvalue weighted by Crippen LogP contribution is 2.33. The number of rotatable bonds is 4. The lowest BCUT2D eigenvalue weighted by atomic mass is 9.98. The average Bonchev–Trinajstić information content (AvgIpc) is 3.26. The smallest absolute Gasteiger partial charge is 0.410 e. The van der Waals surface area contributed by atoms with Crippen LogP contribution in [0.3, 0.4) is 0 Å². The molecule has 1 aliphatic rings. The molecule has 2 heterocycles. The van der Waals surface area contributed by atoms with Crippen LogP contribution in [0.1, 0.15) is 23.5 Å². The van der Waals surface area contributed by atoms with Crippen LogP contribution >= 0.6 is 0 Å². The Balaban J connectivity index is 1.45. The fourth-order valence-electron chi connectivity index (χ4n) is 3.62. The Morgan fingerprint density at radius 1 is 1.27 bits per heavy atom. The van der Waals surface area contributed by atoms with Gasteiger partial charge in [-0.05, 0) is 55.3 Å². The van der Waals surface area contributed by atoms with Crippen molar-refractivity contribution in [2.75, 3.05) is 20.1 Å². The Morgan fingerprint density at radius 3 is 2.88 bits per heavy atom. The maximum atomic E-state index is 12.1. The van der Waals surface area contributed by atoms with Gasteiger partial charge in [0.2, 0.25) is 0 Å². The molecule has 1 unspecified atom stereocenters. The number of aromatic amines is 1. The summed E-state index contributed by atoms with van der Waals surface area (Å²) in [5, 5.41) is 3.93. The van der Waals surface area contributed by atoms with Crippen LogP contribution in [0.25, 0.3) is 10.9 Å². The number of likely N-dealkylation sites (tertiary alicyclic amines) is 1. The van der Waals surface area contributed by atoms with Crippen LogP contribution in [0.4, 0.5) is 4.79 Å². The summed E-state index contributed by atoms with van der Waals surface area (Å²) >= 11 is 0. The predicted molar refractivity (Wildman–Crippen MR) is 102 cm³/mol. The van der Waals surface area contributed by atoms with Crippen molar-refractivity contribution < 1.29 is 9.53 Å². The van der Waals surface area contributed by atoms with Gasteiger partial charge in [0.15, 0.2) is 0 Å². The van der Waals surface area contributed by atoms with Crippen LogP contribution in [-0.2, 0) is 6.54 Å². The second kappa shape index (κ2) is 7.22. The molecule has 134 valence electrons. The summed E-state index contributed by atoms with van der Waals surface area (Å²) in [5.74, 6) is 1.09. The second-order valence-corrected chi connectivity index (χ2v) is 6.93. The number of benzene rings is 2. The molecule has 0 spiro atoms. The molecule has 1 saturated heterocycles. The molecule has 5 heteroatoms. The third-order valence-corrected chi connectivity index (χ3v) is 5.01. The number of likely N-dealkylation sites (N-methyl/N-ethyl adjacent to an activating group) is 1. The van der Waals surface area contributed by atoms with Crippen LogP contribution in [-0.4, -0.2) is 36.1 Å². The van der Waals surface area contributed by atoms with Crippen LogP contribution in [0.2, 0.25) is 0 Å². The highest BCUT2D eigenvalue weighted by Gasteiger charge is 2.23. The highest BCUT2D eigenvalue weighted by molar-refractivity contribution is 5.86. The van der Waals surface area contributed by atoms with Gasteiger partial charge < -0.3 is 19.9 Å². The van der Waals surface area contributed by atoms with Gasteiger partial charge in [-0.2, -0.15) is 0 Å². The Bertz CT molecular complexity index is 904. The number of carbonyl (C=O) groups excluding carboxylic acids is 1.